The Bertz CT molecular complexity index is 719. The maximum absolute atomic E-state index is 5.78. The number of aromatic nitrogens is 2. The molecule has 0 aliphatic heterocycles. The van der Waals surface area contributed by atoms with Crippen LogP contribution in [0.5, 0.6) is 5.75 Å². The molecule has 0 fully saturated rings. The van der Waals surface area contributed by atoms with Crippen molar-refractivity contribution >= 4 is 11.0 Å². The van der Waals surface area contributed by atoms with Gasteiger partial charge in [-0.05, 0) is 37.1 Å². The van der Waals surface area contributed by atoms with Crippen LogP contribution in [0.3, 0.4) is 0 Å². The highest BCUT2D eigenvalue weighted by molar-refractivity contribution is 5.75. The summed E-state index contributed by atoms with van der Waals surface area (Å²) >= 11 is 0. The number of hydrogen-bond donors (Lipinski definition) is 0. The van der Waals surface area contributed by atoms with E-state index in [2.05, 4.69) is 29.7 Å². The smallest absolute Gasteiger partial charge is 0.119 e. The monoisotopic (exact) mass is 294 g/mol. The van der Waals surface area contributed by atoms with Gasteiger partial charge in [0.05, 0.1) is 17.6 Å². The Hall–Kier alpha value is -2.29. The van der Waals surface area contributed by atoms with Crippen LogP contribution < -0.4 is 4.74 Å². The molecule has 1 heterocycles. The second-order valence-corrected chi connectivity index (χ2v) is 5.43. The highest BCUT2D eigenvalue weighted by atomic mass is 16.5. The molecule has 0 saturated heterocycles. The fourth-order valence-corrected chi connectivity index (χ4v) is 2.72. The van der Waals surface area contributed by atoms with Gasteiger partial charge in [0.15, 0.2) is 0 Å². The summed E-state index contributed by atoms with van der Waals surface area (Å²) in [5, 5.41) is 0. The fraction of sp³-hybridized carbons (Fsp3) is 0.316. The van der Waals surface area contributed by atoms with E-state index in [1.54, 1.807) is 0 Å². The zero-order chi connectivity index (χ0) is 15.2. The summed E-state index contributed by atoms with van der Waals surface area (Å²) in [5.74, 6) is 2.12. The van der Waals surface area contributed by atoms with Gasteiger partial charge in [-0.2, -0.15) is 0 Å². The molecule has 0 amide bonds. The minimum absolute atomic E-state index is 0.724. The van der Waals surface area contributed by atoms with Crippen molar-refractivity contribution in [2.45, 2.75) is 32.7 Å². The standard InChI is InChI=1S/C19H22N2O/c1-2-9-19-20-17-12-6-7-13-18(17)21(19)14-8-15-22-16-10-4-3-5-11-16/h3-7,10-13H,2,8-9,14-15H2,1H3. The van der Waals surface area contributed by atoms with E-state index >= 15 is 0 Å². The van der Waals surface area contributed by atoms with E-state index in [0.717, 1.165) is 43.7 Å². The quantitative estimate of drug-likeness (QED) is 0.602. The van der Waals surface area contributed by atoms with Crippen LogP contribution in [-0.2, 0) is 13.0 Å². The van der Waals surface area contributed by atoms with Crippen LogP contribution in [0.15, 0.2) is 54.6 Å². The molecule has 0 aliphatic rings. The number of hydrogen-bond acceptors (Lipinski definition) is 2. The van der Waals surface area contributed by atoms with E-state index in [-0.39, 0.29) is 0 Å². The average Bonchev–Trinajstić information content (AvgIpc) is 2.90. The van der Waals surface area contributed by atoms with Crippen molar-refractivity contribution in [1.29, 1.82) is 0 Å². The van der Waals surface area contributed by atoms with Gasteiger partial charge < -0.3 is 9.30 Å². The van der Waals surface area contributed by atoms with Gasteiger partial charge in [0, 0.05) is 13.0 Å². The summed E-state index contributed by atoms with van der Waals surface area (Å²) in [5.41, 5.74) is 2.32. The van der Waals surface area contributed by atoms with E-state index in [4.69, 9.17) is 9.72 Å². The van der Waals surface area contributed by atoms with Crippen molar-refractivity contribution in [3.05, 3.63) is 60.4 Å². The molecule has 0 saturated carbocycles. The molecule has 0 unspecified atom stereocenters. The Morgan fingerprint density at radius 2 is 1.77 bits per heavy atom. The second-order valence-electron chi connectivity index (χ2n) is 5.43. The zero-order valence-corrected chi connectivity index (χ0v) is 13.0. The van der Waals surface area contributed by atoms with Crippen molar-refractivity contribution in [3.63, 3.8) is 0 Å². The van der Waals surface area contributed by atoms with E-state index in [0.29, 0.717) is 0 Å². The summed E-state index contributed by atoms with van der Waals surface area (Å²) in [7, 11) is 0. The minimum Gasteiger partial charge on any atom is -0.494 e. The second kappa shape index (κ2) is 7.12. The third-order valence-electron chi connectivity index (χ3n) is 3.75. The molecule has 0 radical (unpaired) electrons. The third kappa shape index (κ3) is 3.30. The molecular formula is C19H22N2O. The summed E-state index contributed by atoms with van der Waals surface area (Å²) in [6, 6.07) is 18.4. The summed E-state index contributed by atoms with van der Waals surface area (Å²) in [4.78, 5) is 4.76. The van der Waals surface area contributed by atoms with Gasteiger partial charge in [-0.1, -0.05) is 37.3 Å². The lowest BCUT2D eigenvalue weighted by atomic mass is 10.3. The highest BCUT2D eigenvalue weighted by Gasteiger charge is 2.09. The van der Waals surface area contributed by atoms with Crippen LogP contribution in [-0.4, -0.2) is 16.2 Å². The number of imidazole rings is 1. The molecule has 3 rings (SSSR count). The van der Waals surface area contributed by atoms with Crippen molar-refractivity contribution in [3.8, 4) is 5.75 Å². The van der Waals surface area contributed by atoms with Crippen molar-refractivity contribution in [1.82, 2.24) is 9.55 Å². The first-order valence-electron chi connectivity index (χ1n) is 8.00. The lowest BCUT2D eigenvalue weighted by Crippen LogP contribution is -2.08. The fourth-order valence-electron chi connectivity index (χ4n) is 2.72. The predicted octanol–water partition coefficient (Wildman–Crippen LogP) is 4.46. The molecule has 0 atom stereocenters. The topological polar surface area (TPSA) is 27.1 Å². The SMILES string of the molecule is CCCc1nc2ccccc2n1CCCOc1ccccc1. The maximum Gasteiger partial charge on any atom is 0.119 e. The lowest BCUT2D eigenvalue weighted by Gasteiger charge is -2.10. The van der Waals surface area contributed by atoms with Crippen LogP contribution in [0.1, 0.15) is 25.6 Å². The Kier molecular flexibility index (Phi) is 4.74. The van der Waals surface area contributed by atoms with Crippen molar-refractivity contribution in [2.24, 2.45) is 0 Å². The molecular weight excluding hydrogens is 272 g/mol. The minimum atomic E-state index is 0.724. The molecule has 22 heavy (non-hydrogen) atoms. The van der Waals surface area contributed by atoms with Gasteiger partial charge in [0.1, 0.15) is 11.6 Å². The van der Waals surface area contributed by atoms with Crippen LogP contribution in [0.4, 0.5) is 0 Å². The van der Waals surface area contributed by atoms with E-state index in [1.807, 2.05) is 36.4 Å². The Labute approximate surface area is 131 Å². The largest absolute Gasteiger partial charge is 0.494 e. The lowest BCUT2D eigenvalue weighted by molar-refractivity contribution is 0.302. The number of fused-ring (bicyclic) bond motifs is 1. The van der Waals surface area contributed by atoms with Crippen molar-refractivity contribution in [2.75, 3.05) is 6.61 Å². The Morgan fingerprint density at radius 3 is 2.59 bits per heavy atom. The summed E-state index contributed by atoms with van der Waals surface area (Å²) in [6.45, 7) is 3.87. The summed E-state index contributed by atoms with van der Waals surface area (Å²) in [6.07, 6.45) is 3.12. The molecule has 0 aliphatic carbocycles. The first kappa shape index (κ1) is 14.6. The first-order valence-corrected chi connectivity index (χ1v) is 8.00. The van der Waals surface area contributed by atoms with Crippen LogP contribution >= 0.6 is 0 Å². The Balaban J connectivity index is 1.66. The molecule has 1 aromatic heterocycles. The van der Waals surface area contributed by atoms with Crippen LogP contribution in [0.2, 0.25) is 0 Å². The highest BCUT2D eigenvalue weighted by Crippen LogP contribution is 2.18. The molecule has 3 heteroatoms. The number of benzene rings is 2. The molecule has 2 aromatic carbocycles. The van der Waals surface area contributed by atoms with Gasteiger partial charge in [0.2, 0.25) is 0 Å². The van der Waals surface area contributed by atoms with Gasteiger partial charge >= 0.3 is 0 Å². The third-order valence-corrected chi connectivity index (χ3v) is 3.75. The predicted molar refractivity (Wildman–Crippen MR) is 90.3 cm³/mol. The average molecular weight is 294 g/mol. The number of ether oxygens (including phenoxy) is 1. The van der Waals surface area contributed by atoms with Gasteiger partial charge in [-0.25, -0.2) is 4.98 Å². The number of para-hydroxylation sites is 3. The number of aryl methyl sites for hydroxylation is 2. The molecule has 0 bridgehead atoms. The number of rotatable bonds is 7. The zero-order valence-electron chi connectivity index (χ0n) is 13.0. The van der Waals surface area contributed by atoms with Gasteiger partial charge in [-0.15, -0.1) is 0 Å². The van der Waals surface area contributed by atoms with Crippen LogP contribution in [0.25, 0.3) is 11.0 Å². The van der Waals surface area contributed by atoms with Crippen LogP contribution in [0, 0.1) is 0 Å². The molecule has 0 N–H and O–H groups in total. The normalized spacial score (nSPS) is 11.0. The molecule has 0 spiro atoms. The Morgan fingerprint density at radius 1 is 1.00 bits per heavy atom. The van der Waals surface area contributed by atoms with Gasteiger partial charge in [0.25, 0.3) is 0 Å². The molecule has 3 nitrogen and oxygen atoms in total. The summed E-state index contributed by atoms with van der Waals surface area (Å²) < 4.78 is 8.12. The molecule has 3 aromatic rings. The number of nitrogens with zero attached hydrogens (tertiary/aromatic N) is 2. The van der Waals surface area contributed by atoms with Gasteiger partial charge in [-0.3, -0.25) is 0 Å². The van der Waals surface area contributed by atoms with Crippen molar-refractivity contribution < 1.29 is 4.74 Å². The maximum atomic E-state index is 5.78. The van der Waals surface area contributed by atoms with E-state index in [9.17, 15) is 0 Å². The molecule has 114 valence electrons. The van der Waals surface area contributed by atoms with E-state index < -0.39 is 0 Å². The van der Waals surface area contributed by atoms with E-state index in [1.165, 1.54) is 11.3 Å². The first-order chi connectivity index (χ1) is 10.9.